The van der Waals surface area contributed by atoms with Crippen LogP contribution in [0.15, 0.2) is 84.9 Å². The molecule has 1 heterocycles. The first-order valence-corrected chi connectivity index (χ1v) is 19.4. The molecule has 5 aromatic rings. The largest absolute Gasteiger partial charge is 0.208 e. The fourth-order valence-electron chi connectivity index (χ4n) is 13.2. The van der Waals surface area contributed by atoms with Crippen LogP contribution in [0.5, 0.6) is 0 Å². The molecule has 4 aromatic carbocycles. The molecule has 50 heavy (non-hydrogen) atoms. The van der Waals surface area contributed by atoms with Crippen molar-refractivity contribution >= 4 is 10.8 Å². The SMILES string of the molecule is N#Cc1ccc2c(-c3nc(-c4ccc(C56CC7CC(CC(C7)C5)C6)cc4)nc(-c4ccc(C56CC7CC(CC(C7)C5)C6)cc4)n3)cccc2c1. The predicted molar refractivity (Wildman–Crippen MR) is 198 cm³/mol. The smallest absolute Gasteiger partial charge is 0.164 e. The van der Waals surface area contributed by atoms with Gasteiger partial charge in [0.05, 0.1) is 11.6 Å². The summed E-state index contributed by atoms with van der Waals surface area (Å²) in [5, 5.41) is 11.6. The lowest BCUT2D eigenvalue weighted by Gasteiger charge is -2.57. The van der Waals surface area contributed by atoms with Crippen LogP contribution in [0.25, 0.3) is 44.9 Å². The summed E-state index contributed by atoms with van der Waals surface area (Å²) in [6, 6.07) is 33.1. The van der Waals surface area contributed by atoms with E-state index in [1.165, 1.54) is 88.2 Å². The van der Waals surface area contributed by atoms with Crippen LogP contribution in [0.1, 0.15) is 93.7 Å². The average Bonchev–Trinajstić information content (AvgIpc) is 3.13. The Balaban J connectivity index is 0.993. The van der Waals surface area contributed by atoms with Crippen molar-refractivity contribution in [2.24, 2.45) is 35.5 Å². The standard InChI is InChI=1S/C46H44N4/c47-27-28-4-13-40-37(20-28)2-1-3-41(40)44-49-42(35-5-9-38(10-6-35)45-21-29-14-30(22-45)16-31(15-29)23-45)48-43(50-44)36-7-11-39(12-8-36)46-24-32-17-33(25-46)19-34(18-32)26-46/h1-13,20,29-34H,14-19,21-26H2. The van der Waals surface area contributed by atoms with E-state index in [4.69, 9.17) is 15.0 Å². The zero-order chi connectivity index (χ0) is 33.0. The van der Waals surface area contributed by atoms with Gasteiger partial charge < -0.3 is 0 Å². The number of rotatable bonds is 5. The van der Waals surface area contributed by atoms with Gasteiger partial charge in [0, 0.05) is 16.7 Å². The van der Waals surface area contributed by atoms with E-state index in [2.05, 4.69) is 66.7 Å². The fourth-order valence-corrected chi connectivity index (χ4v) is 13.2. The number of fused-ring (bicyclic) bond motifs is 1. The molecule has 8 fully saturated rings. The van der Waals surface area contributed by atoms with Gasteiger partial charge in [-0.25, -0.2) is 15.0 Å². The summed E-state index contributed by atoms with van der Waals surface area (Å²) in [6.45, 7) is 0. The van der Waals surface area contributed by atoms with Gasteiger partial charge in [-0.2, -0.15) is 5.26 Å². The summed E-state index contributed by atoms with van der Waals surface area (Å²) < 4.78 is 0. The average molecular weight is 653 g/mol. The van der Waals surface area contributed by atoms with E-state index in [1.54, 1.807) is 0 Å². The Morgan fingerprint density at radius 1 is 0.500 bits per heavy atom. The third kappa shape index (κ3) is 4.65. The van der Waals surface area contributed by atoms with Gasteiger partial charge in [0.15, 0.2) is 17.5 Å². The Morgan fingerprint density at radius 2 is 0.940 bits per heavy atom. The first-order chi connectivity index (χ1) is 24.5. The minimum atomic E-state index is 0.367. The van der Waals surface area contributed by atoms with Crippen LogP contribution >= 0.6 is 0 Å². The van der Waals surface area contributed by atoms with Crippen molar-refractivity contribution in [3.8, 4) is 40.2 Å². The quantitative estimate of drug-likeness (QED) is 0.190. The molecular formula is C46H44N4. The van der Waals surface area contributed by atoms with Gasteiger partial charge in [-0.15, -0.1) is 0 Å². The molecule has 8 bridgehead atoms. The van der Waals surface area contributed by atoms with E-state index in [-0.39, 0.29) is 0 Å². The topological polar surface area (TPSA) is 62.5 Å². The van der Waals surface area contributed by atoms with Crippen LogP contribution < -0.4 is 0 Å². The predicted octanol–water partition coefficient (Wildman–Crippen LogP) is 10.8. The van der Waals surface area contributed by atoms with E-state index >= 15 is 0 Å². The van der Waals surface area contributed by atoms with Crippen molar-refractivity contribution in [1.82, 2.24) is 15.0 Å². The van der Waals surface area contributed by atoms with Gasteiger partial charge in [0.2, 0.25) is 0 Å². The summed E-state index contributed by atoms with van der Waals surface area (Å²) in [5.74, 6) is 7.67. The summed E-state index contributed by atoms with van der Waals surface area (Å²) in [4.78, 5) is 15.5. The highest BCUT2D eigenvalue weighted by Crippen LogP contribution is 2.62. The van der Waals surface area contributed by atoms with Crippen molar-refractivity contribution in [3.63, 3.8) is 0 Å². The molecule has 8 saturated carbocycles. The first-order valence-electron chi connectivity index (χ1n) is 19.4. The van der Waals surface area contributed by atoms with Gasteiger partial charge in [0.25, 0.3) is 0 Å². The monoisotopic (exact) mass is 652 g/mol. The number of nitriles is 1. The minimum absolute atomic E-state index is 0.367. The molecule has 0 saturated heterocycles. The lowest BCUT2D eigenvalue weighted by Crippen LogP contribution is -2.48. The molecule has 0 radical (unpaired) electrons. The molecule has 0 aliphatic heterocycles. The zero-order valence-electron chi connectivity index (χ0n) is 28.8. The number of benzene rings is 4. The maximum Gasteiger partial charge on any atom is 0.164 e. The molecule has 0 amide bonds. The number of aromatic nitrogens is 3. The summed E-state index contributed by atoms with van der Waals surface area (Å²) in [5.41, 5.74) is 7.49. The maximum atomic E-state index is 9.56. The van der Waals surface area contributed by atoms with Crippen LogP contribution in [-0.2, 0) is 10.8 Å². The van der Waals surface area contributed by atoms with Crippen molar-refractivity contribution < 1.29 is 0 Å². The highest BCUT2D eigenvalue weighted by atomic mass is 15.0. The van der Waals surface area contributed by atoms with Gasteiger partial charge in [0.1, 0.15) is 0 Å². The van der Waals surface area contributed by atoms with Crippen LogP contribution in [0.3, 0.4) is 0 Å². The highest BCUT2D eigenvalue weighted by molar-refractivity contribution is 5.96. The van der Waals surface area contributed by atoms with Gasteiger partial charge in [-0.3, -0.25) is 0 Å². The van der Waals surface area contributed by atoms with E-state index in [9.17, 15) is 5.26 Å². The molecule has 0 unspecified atom stereocenters. The molecule has 1 aromatic heterocycles. The Kier molecular flexibility index (Phi) is 6.36. The van der Waals surface area contributed by atoms with Gasteiger partial charge in [-0.1, -0.05) is 72.8 Å². The summed E-state index contributed by atoms with van der Waals surface area (Å²) >= 11 is 0. The molecule has 4 heteroatoms. The van der Waals surface area contributed by atoms with Gasteiger partial charge >= 0.3 is 0 Å². The molecule has 0 atom stereocenters. The Labute approximate surface area is 295 Å². The zero-order valence-corrected chi connectivity index (χ0v) is 28.8. The van der Waals surface area contributed by atoms with Crippen molar-refractivity contribution in [3.05, 3.63) is 102 Å². The molecule has 8 aliphatic rings. The molecule has 0 spiro atoms. The molecule has 8 aliphatic carbocycles. The van der Waals surface area contributed by atoms with Crippen LogP contribution in [-0.4, -0.2) is 15.0 Å². The molecule has 0 N–H and O–H groups in total. The maximum absolute atomic E-state index is 9.56. The minimum Gasteiger partial charge on any atom is -0.208 e. The molecular weight excluding hydrogens is 609 g/mol. The van der Waals surface area contributed by atoms with E-state index in [0.29, 0.717) is 22.2 Å². The number of nitrogens with zero attached hydrogens (tertiary/aromatic N) is 4. The number of hydrogen-bond acceptors (Lipinski definition) is 4. The second-order valence-electron chi connectivity index (χ2n) is 17.7. The second-order valence-corrected chi connectivity index (χ2v) is 17.7. The van der Waals surface area contributed by atoms with Crippen molar-refractivity contribution in [2.75, 3.05) is 0 Å². The Hall–Kier alpha value is -4.36. The second kappa shape index (κ2) is 10.8. The summed E-state index contributed by atoms with van der Waals surface area (Å²) in [7, 11) is 0. The van der Waals surface area contributed by atoms with E-state index < -0.39 is 0 Å². The lowest BCUT2D eigenvalue weighted by atomic mass is 9.48. The Morgan fingerprint density at radius 3 is 1.38 bits per heavy atom. The van der Waals surface area contributed by atoms with Crippen molar-refractivity contribution in [1.29, 1.82) is 5.26 Å². The van der Waals surface area contributed by atoms with Crippen LogP contribution in [0.4, 0.5) is 0 Å². The van der Waals surface area contributed by atoms with Crippen LogP contribution in [0.2, 0.25) is 0 Å². The van der Waals surface area contributed by atoms with E-state index in [0.717, 1.165) is 74.6 Å². The van der Waals surface area contributed by atoms with Crippen LogP contribution in [0, 0.1) is 46.8 Å². The molecule has 4 nitrogen and oxygen atoms in total. The first kappa shape index (κ1) is 29.4. The third-order valence-corrected chi connectivity index (χ3v) is 14.5. The molecule has 13 rings (SSSR count). The lowest BCUT2D eigenvalue weighted by molar-refractivity contribution is -0.00530. The third-order valence-electron chi connectivity index (χ3n) is 14.5. The normalized spacial score (nSPS) is 33.2. The van der Waals surface area contributed by atoms with Crippen molar-refractivity contribution in [2.45, 2.75) is 87.9 Å². The van der Waals surface area contributed by atoms with E-state index in [1.807, 2.05) is 24.3 Å². The summed E-state index contributed by atoms with van der Waals surface area (Å²) in [6.07, 6.45) is 17.0. The highest BCUT2D eigenvalue weighted by Gasteiger charge is 2.52. The Bertz CT molecular complexity index is 2010. The van der Waals surface area contributed by atoms with Gasteiger partial charge in [-0.05, 0) is 157 Å². The molecule has 248 valence electrons. The number of hydrogen-bond donors (Lipinski definition) is 0. The fraction of sp³-hybridized carbons (Fsp3) is 0.435.